The van der Waals surface area contributed by atoms with Crippen molar-refractivity contribution in [3.05, 3.63) is 24.0 Å². The Hall–Kier alpha value is -1.42. The van der Waals surface area contributed by atoms with Gasteiger partial charge in [-0.25, -0.2) is 0 Å². The van der Waals surface area contributed by atoms with E-state index in [2.05, 4.69) is 4.98 Å². The second kappa shape index (κ2) is 4.72. The molecule has 0 fully saturated rings. The number of aromatic nitrogens is 1. The van der Waals surface area contributed by atoms with Gasteiger partial charge in [0, 0.05) is 11.8 Å². The van der Waals surface area contributed by atoms with E-state index in [9.17, 15) is 9.90 Å². The number of carbonyl (C=O) groups excluding carboxylic acids is 1. The highest BCUT2D eigenvalue weighted by Crippen LogP contribution is 2.17. The van der Waals surface area contributed by atoms with Crippen molar-refractivity contribution < 1.29 is 14.6 Å². The van der Waals surface area contributed by atoms with Crippen LogP contribution in [0.15, 0.2) is 18.5 Å². The summed E-state index contributed by atoms with van der Waals surface area (Å²) in [6, 6.07) is 1.60. The van der Waals surface area contributed by atoms with Crippen LogP contribution in [0.4, 0.5) is 0 Å². The molecule has 0 bridgehead atoms. The molecule has 4 nitrogen and oxygen atoms in total. The molecule has 0 aromatic carbocycles. The van der Waals surface area contributed by atoms with Crippen molar-refractivity contribution in [3.8, 4) is 5.75 Å². The van der Waals surface area contributed by atoms with E-state index in [0.717, 1.165) is 0 Å². The van der Waals surface area contributed by atoms with Crippen LogP contribution in [-0.2, 0) is 4.79 Å². The molecule has 1 rings (SSSR count). The van der Waals surface area contributed by atoms with Gasteiger partial charge >= 0.3 is 0 Å². The number of pyridine rings is 1. The Kier molecular flexibility index (Phi) is 3.59. The highest BCUT2D eigenvalue weighted by molar-refractivity contribution is 5.59. The standard InChI is InChI=1S/C10H13NO3/c1-7(2)14-9-3-8(4-11-5-9)10(13)6-12/h3-7,10,13H,1-2H3. The molecule has 1 heterocycles. The van der Waals surface area contributed by atoms with E-state index in [1.165, 1.54) is 6.20 Å². The van der Waals surface area contributed by atoms with E-state index in [1.54, 1.807) is 12.3 Å². The molecular formula is C10H13NO3. The average Bonchev–Trinajstić information content (AvgIpc) is 2.16. The van der Waals surface area contributed by atoms with Gasteiger partial charge in [0.15, 0.2) is 6.29 Å². The molecule has 1 atom stereocenters. The Bertz CT molecular complexity index is 312. The molecule has 1 aromatic rings. The fourth-order valence-electron chi connectivity index (χ4n) is 1.01. The van der Waals surface area contributed by atoms with E-state index in [1.807, 2.05) is 13.8 Å². The summed E-state index contributed by atoms with van der Waals surface area (Å²) in [5, 5.41) is 9.22. The van der Waals surface area contributed by atoms with Gasteiger partial charge in [-0.1, -0.05) is 0 Å². The number of nitrogens with zero attached hydrogens (tertiary/aromatic N) is 1. The average molecular weight is 195 g/mol. The molecule has 0 aliphatic carbocycles. The molecule has 0 aliphatic rings. The second-order valence-corrected chi connectivity index (χ2v) is 3.20. The van der Waals surface area contributed by atoms with Gasteiger partial charge in [0.2, 0.25) is 0 Å². The van der Waals surface area contributed by atoms with Crippen LogP contribution in [0.2, 0.25) is 0 Å². The number of aliphatic hydroxyl groups is 1. The summed E-state index contributed by atoms with van der Waals surface area (Å²) in [5.41, 5.74) is 0.443. The summed E-state index contributed by atoms with van der Waals surface area (Å²) in [5.74, 6) is 0.554. The number of hydrogen-bond acceptors (Lipinski definition) is 4. The maximum Gasteiger partial charge on any atom is 0.153 e. The largest absolute Gasteiger partial charge is 0.489 e. The van der Waals surface area contributed by atoms with Crippen LogP contribution in [0.1, 0.15) is 25.5 Å². The lowest BCUT2D eigenvalue weighted by Gasteiger charge is -2.10. The van der Waals surface area contributed by atoms with E-state index in [0.29, 0.717) is 17.6 Å². The highest BCUT2D eigenvalue weighted by Gasteiger charge is 2.07. The van der Waals surface area contributed by atoms with E-state index in [4.69, 9.17) is 4.74 Å². The Labute approximate surface area is 82.5 Å². The number of hydrogen-bond donors (Lipinski definition) is 1. The Morgan fingerprint density at radius 1 is 1.50 bits per heavy atom. The van der Waals surface area contributed by atoms with Gasteiger partial charge in [-0.2, -0.15) is 0 Å². The summed E-state index contributed by atoms with van der Waals surface area (Å²) in [4.78, 5) is 14.2. The van der Waals surface area contributed by atoms with Crippen molar-refractivity contribution in [3.63, 3.8) is 0 Å². The van der Waals surface area contributed by atoms with E-state index in [-0.39, 0.29) is 6.10 Å². The molecule has 76 valence electrons. The van der Waals surface area contributed by atoms with Gasteiger partial charge in [-0.15, -0.1) is 0 Å². The first-order valence-corrected chi connectivity index (χ1v) is 4.38. The highest BCUT2D eigenvalue weighted by atomic mass is 16.5. The normalized spacial score (nSPS) is 12.6. The minimum atomic E-state index is -1.13. The minimum absolute atomic E-state index is 0.0421. The topological polar surface area (TPSA) is 59.4 Å². The number of ether oxygens (including phenoxy) is 1. The molecule has 0 radical (unpaired) electrons. The third-order valence-corrected chi connectivity index (χ3v) is 1.58. The van der Waals surface area contributed by atoms with Gasteiger partial charge in [0.25, 0.3) is 0 Å². The van der Waals surface area contributed by atoms with E-state index >= 15 is 0 Å². The predicted molar refractivity (Wildman–Crippen MR) is 51.0 cm³/mol. The fourth-order valence-corrected chi connectivity index (χ4v) is 1.01. The molecule has 0 saturated carbocycles. The lowest BCUT2D eigenvalue weighted by molar-refractivity contribution is -0.115. The third-order valence-electron chi connectivity index (χ3n) is 1.58. The first-order valence-electron chi connectivity index (χ1n) is 4.38. The molecule has 0 amide bonds. The quantitative estimate of drug-likeness (QED) is 0.731. The molecule has 14 heavy (non-hydrogen) atoms. The molecule has 0 spiro atoms. The van der Waals surface area contributed by atoms with Crippen LogP contribution < -0.4 is 4.74 Å². The van der Waals surface area contributed by atoms with Gasteiger partial charge < -0.3 is 14.6 Å². The lowest BCUT2D eigenvalue weighted by Crippen LogP contribution is -2.07. The van der Waals surface area contributed by atoms with Crippen LogP contribution in [0.5, 0.6) is 5.75 Å². The summed E-state index contributed by atoms with van der Waals surface area (Å²) in [6.45, 7) is 3.78. The maximum atomic E-state index is 10.3. The van der Waals surface area contributed by atoms with Crippen molar-refractivity contribution in [2.45, 2.75) is 26.1 Å². The smallest absolute Gasteiger partial charge is 0.153 e. The summed E-state index contributed by atoms with van der Waals surface area (Å²) < 4.78 is 5.36. The number of rotatable bonds is 4. The molecular weight excluding hydrogens is 182 g/mol. The molecule has 4 heteroatoms. The van der Waals surface area contributed by atoms with Gasteiger partial charge in [-0.05, 0) is 19.9 Å². The predicted octanol–water partition coefficient (Wildman–Crippen LogP) is 1.10. The second-order valence-electron chi connectivity index (χ2n) is 3.20. The van der Waals surface area contributed by atoms with Crippen molar-refractivity contribution in [2.24, 2.45) is 0 Å². The Morgan fingerprint density at radius 2 is 2.21 bits per heavy atom. The summed E-state index contributed by atoms with van der Waals surface area (Å²) in [6.07, 6.45) is 2.35. The SMILES string of the molecule is CC(C)Oc1cncc(C(O)C=O)c1. The molecule has 0 aliphatic heterocycles. The molecule has 1 N–H and O–H groups in total. The van der Waals surface area contributed by atoms with Gasteiger partial charge in [0.05, 0.1) is 12.3 Å². The van der Waals surface area contributed by atoms with Crippen LogP contribution >= 0.6 is 0 Å². The lowest BCUT2D eigenvalue weighted by atomic mass is 10.2. The Balaban J connectivity index is 2.83. The van der Waals surface area contributed by atoms with Gasteiger partial charge in [0.1, 0.15) is 11.9 Å². The van der Waals surface area contributed by atoms with E-state index < -0.39 is 6.10 Å². The van der Waals surface area contributed by atoms with Crippen molar-refractivity contribution in [1.29, 1.82) is 0 Å². The minimum Gasteiger partial charge on any atom is -0.489 e. The first kappa shape index (κ1) is 10.7. The van der Waals surface area contributed by atoms with Crippen molar-refractivity contribution >= 4 is 6.29 Å². The van der Waals surface area contributed by atoms with Crippen LogP contribution in [0, 0.1) is 0 Å². The molecule has 0 saturated heterocycles. The van der Waals surface area contributed by atoms with Crippen molar-refractivity contribution in [1.82, 2.24) is 4.98 Å². The third kappa shape index (κ3) is 2.81. The molecule has 1 unspecified atom stereocenters. The molecule has 1 aromatic heterocycles. The van der Waals surface area contributed by atoms with Crippen LogP contribution in [0.3, 0.4) is 0 Å². The first-order chi connectivity index (χ1) is 6.63. The monoisotopic (exact) mass is 195 g/mol. The number of aldehydes is 1. The summed E-state index contributed by atoms with van der Waals surface area (Å²) >= 11 is 0. The Morgan fingerprint density at radius 3 is 2.79 bits per heavy atom. The summed E-state index contributed by atoms with van der Waals surface area (Å²) in [7, 11) is 0. The number of carbonyl (C=O) groups is 1. The van der Waals surface area contributed by atoms with Crippen molar-refractivity contribution in [2.75, 3.05) is 0 Å². The van der Waals surface area contributed by atoms with Gasteiger partial charge in [-0.3, -0.25) is 4.98 Å². The zero-order valence-corrected chi connectivity index (χ0v) is 8.18. The zero-order chi connectivity index (χ0) is 10.6. The zero-order valence-electron chi connectivity index (χ0n) is 8.18. The van der Waals surface area contributed by atoms with Crippen LogP contribution in [0.25, 0.3) is 0 Å². The maximum absolute atomic E-state index is 10.3. The van der Waals surface area contributed by atoms with Crippen LogP contribution in [-0.4, -0.2) is 22.5 Å². The fraction of sp³-hybridized carbons (Fsp3) is 0.400. The number of aliphatic hydroxyl groups excluding tert-OH is 1.